The maximum absolute atomic E-state index is 12.5. The average molecular weight is 397 g/mol. The lowest BCUT2D eigenvalue weighted by Gasteiger charge is -2.22. The first kappa shape index (κ1) is 20.2. The van der Waals surface area contributed by atoms with Crippen molar-refractivity contribution in [1.82, 2.24) is 9.21 Å². The second-order valence-corrected chi connectivity index (χ2v) is 8.29. The molecule has 0 aliphatic heterocycles. The van der Waals surface area contributed by atoms with Crippen LogP contribution in [-0.4, -0.2) is 51.3 Å². The molecule has 2 rings (SSSR count). The van der Waals surface area contributed by atoms with E-state index in [1.807, 2.05) is 24.3 Å². The minimum absolute atomic E-state index is 0.0926. The average Bonchev–Trinajstić information content (AvgIpc) is 2.62. The third-order valence-corrected chi connectivity index (χ3v) is 5.95. The first-order valence-electron chi connectivity index (χ1n) is 7.83. The number of hydrogen-bond acceptors (Lipinski definition) is 4. The van der Waals surface area contributed by atoms with Crippen LogP contribution in [0, 0.1) is 0 Å². The molecule has 8 heteroatoms. The van der Waals surface area contributed by atoms with Crippen molar-refractivity contribution in [2.45, 2.75) is 11.4 Å². The minimum Gasteiger partial charge on any atom is -0.497 e. The zero-order valence-electron chi connectivity index (χ0n) is 14.8. The molecule has 0 aromatic heterocycles. The molecule has 0 atom stereocenters. The quantitative estimate of drug-likeness (QED) is 0.721. The molecule has 0 saturated heterocycles. The van der Waals surface area contributed by atoms with Crippen LogP contribution in [0.25, 0.3) is 0 Å². The first-order valence-corrected chi connectivity index (χ1v) is 9.64. The Kier molecular flexibility index (Phi) is 6.63. The molecule has 0 unspecified atom stereocenters. The van der Waals surface area contributed by atoms with E-state index in [-0.39, 0.29) is 17.3 Å². The lowest BCUT2D eigenvalue weighted by Crippen LogP contribution is -2.39. The highest BCUT2D eigenvalue weighted by atomic mass is 35.5. The summed E-state index contributed by atoms with van der Waals surface area (Å²) >= 11 is 5.79. The molecule has 0 fully saturated rings. The Hall–Kier alpha value is -2.09. The van der Waals surface area contributed by atoms with E-state index in [9.17, 15) is 13.2 Å². The zero-order chi connectivity index (χ0) is 19.3. The molecule has 26 heavy (non-hydrogen) atoms. The van der Waals surface area contributed by atoms with E-state index in [2.05, 4.69) is 0 Å². The molecule has 0 spiro atoms. The number of carbonyl (C=O) groups is 1. The van der Waals surface area contributed by atoms with Crippen molar-refractivity contribution in [3.8, 4) is 5.75 Å². The Balaban J connectivity index is 2.01. The number of rotatable bonds is 7. The molecule has 1 amide bonds. The van der Waals surface area contributed by atoms with Gasteiger partial charge in [-0.25, -0.2) is 8.42 Å². The van der Waals surface area contributed by atoms with E-state index in [0.29, 0.717) is 11.6 Å². The van der Waals surface area contributed by atoms with E-state index in [0.717, 1.165) is 15.6 Å². The van der Waals surface area contributed by atoms with Crippen LogP contribution in [0.3, 0.4) is 0 Å². The Bertz CT molecular complexity index is 852. The van der Waals surface area contributed by atoms with E-state index >= 15 is 0 Å². The molecule has 0 aliphatic rings. The molecule has 0 heterocycles. The fraction of sp³-hybridized carbons (Fsp3) is 0.278. The molecule has 140 valence electrons. The van der Waals surface area contributed by atoms with Gasteiger partial charge < -0.3 is 9.64 Å². The van der Waals surface area contributed by atoms with Crippen molar-refractivity contribution in [3.63, 3.8) is 0 Å². The topological polar surface area (TPSA) is 66.9 Å². The van der Waals surface area contributed by atoms with E-state index in [1.54, 1.807) is 14.2 Å². The summed E-state index contributed by atoms with van der Waals surface area (Å²) < 4.78 is 31.2. The largest absolute Gasteiger partial charge is 0.497 e. The lowest BCUT2D eigenvalue weighted by molar-refractivity contribution is -0.130. The monoisotopic (exact) mass is 396 g/mol. The highest BCUT2D eigenvalue weighted by Gasteiger charge is 2.24. The minimum atomic E-state index is -3.76. The number of ether oxygens (including phenoxy) is 1. The van der Waals surface area contributed by atoms with Gasteiger partial charge in [-0.2, -0.15) is 4.31 Å². The molecular weight excluding hydrogens is 376 g/mol. The van der Waals surface area contributed by atoms with E-state index in [1.165, 1.54) is 36.2 Å². The van der Waals surface area contributed by atoms with Crippen LogP contribution in [0.15, 0.2) is 53.4 Å². The van der Waals surface area contributed by atoms with Crippen LogP contribution >= 0.6 is 11.6 Å². The van der Waals surface area contributed by atoms with Gasteiger partial charge in [-0.1, -0.05) is 23.7 Å². The van der Waals surface area contributed by atoms with Crippen molar-refractivity contribution in [2.24, 2.45) is 0 Å². The van der Waals surface area contributed by atoms with Gasteiger partial charge in [0.2, 0.25) is 15.9 Å². The van der Waals surface area contributed by atoms with E-state index in [4.69, 9.17) is 16.3 Å². The normalized spacial score (nSPS) is 11.4. The maximum Gasteiger partial charge on any atom is 0.243 e. The van der Waals surface area contributed by atoms with Crippen molar-refractivity contribution >= 4 is 27.5 Å². The molecule has 0 bridgehead atoms. The van der Waals surface area contributed by atoms with Crippen LogP contribution < -0.4 is 4.74 Å². The molecule has 2 aromatic rings. The van der Waals surface area contributed by atoms with Crippen molar-refractivity contribution in [1.29, 1.82) is 0 Å². The predicted molar refractivity (Wildman–Crippen MR) is 101 cm³/mol. The summed E-state index contributed by atoms with van der Waals surface area (Å²) in [7, 11) is 0.842. The third kappa shape index (κ3) is 4.97. The predicted octanol–water partition coefficient (Wildman–Crippen LogP) is 2.63. The first-order chi connectivity index (χ1) is 12.2. The van der Waals surface area contributed by atoms with Gasteiger partial charge in [-0.3, -0.25) is 4.79 Å². The van der Waals surface area contributed by atoms with Crippen LogP contribution in [0.5, 0.6) is 5.75 Å². The summed E-state index contributed by atoms with van der Waals surface area (Å²) in [4.78, 5) is 14.0. The number of hydrogen-bond donors (Lipinski definition) is 0. The lowest BCUT2D eigenvalue weighted by atomic mass is 10.2. The number of nitrogens with zero attached hydrogens (tertiary/aromatic N) is 2. The van der Waals surface area contributed by atoms with Crippen LogP contribution in [-0.2, 0) is 21.4 Å². The Labute approximate surface area is 159 Å². The number of carbonyl (C=O) groups excluding carboxylic acids is 1. The van der Waals surface area contributed by atoms with Crippen LogP contribution in [0.4, 0.5) is 0 Å². The van der Waals surface area contributed by atoms with E-state index < -0.39 is 10.0 Å². The number of likely N-dealkylation sites (N-methyl/N-ethyl adjacent to an activating group) is 2. The Morgan fingerprint density at radius 2 is 1.62 bits per heavy atom. The Morgan fingerprint density at radius 1 is 1.04 bits per heavy atom. The van der Waals surface area contributed by atoms with Crippen molar-refractivity contribution < 1.29 is 17.9 Å². The highest BCUT2D eigenvalue weighted by molar-refractivity contribution is 7.89. The van der Waals surface area contributed by atoms with Crippen molar-refractivity contribution in [3.05, 3.63) is 59.1 Å². The number of amides is 1. The summed E-state index contributed by atoms with van der Waals surface area (Å²) in [6.45, 7) is 0.120. The summed E-state index contributed by atoms with van der Waals surface area (Å²) in [5.74, 6) is 0.428. The highest BCUT2D eigenvalue weighted by Crippen LogP contribution is 2.18. The van der Waals surface area contributed by atoms with Crippen LogP contribution in [0.1, 0.15) is 5.56 Å². The van der Waals surface area contributed by atoms with Gasteiger partial charge in [0, 0.05) is 25.7 Å². The fourth-order valence-electron chi connectivity index (χ4n) is 2.28. The van der Waals surface area contributed by atoms with Gasteiger partial charge in [0.15, 0.2) is 0 Å². The van der Waals surface area contributed by atoms with Crippen LogP contribution in [0.2, 0.25) is 5.02 Å². The summed E-state index contributed by atoms with van der Waals surface area (Å²) in [5.41, 5.74) is 0.921. The molecule has 2 aromatic carbocycles. The molecular formula is C18H21ClN2O4S. The van der Waals surface area contributed by atoms with Crippen molar-refractivity contribution in [2.75, 3.05) is 27.7 Å². The molecule has 6 nitrogen and oxygen atoms in total. The second-order valence-electron chi connectivity index (χ2n) is 5.81. The third-order valence-electron chi connectivity index (χ3n) is 3.88. The summed E-state index contributed by atoms with van der Waals surface area (Å²) in [6, 6.07) is 13.2. The second kappa shape index (κ2) is 8.53. The van der Waals surface area contributed by atoms with Gasteiger partial charge in [-0.05, 0) is 42.0 Å². The number of benzene rings is 2. The smallest absolute Gasteiger partial charge is 0.243 e. The number of halogens is 1. The summed E-state index contributed by atoms with van der Waals surface area (Å²) in [6.07, 6.45) is 0. The van der Waals surface area contributed by atoms with Gasteiger partial charge >= 0.3 is 0 Å². The van der Waals surface area contributed by atoms with Gasteiger partial charge in [0.25, 0.3) is 0 Å². The molecule has 0 N–H and O–H groups in total. The van der Waals surface area contributed by atoms with Gasteiger partial charge in [-0.15, -0.1) is 0 Å². The molecule has 0 saturated carbocycles. The molecule has 0 radical (unpaired) electrons. The Morgan fingerprint density at radius 3 is 2.15 bits per heavy atom. The molecule has 0 aliphatic carbocycles. The number of sulfonamides is 1. The van der Waals surface area contributed by atoms with Gasteiger partial charge in [0.1, 0.15) is 5.75 Å². The zero-order valence-corrected chi connectivity index (χ0v) is 16.4. The fourth-order valence-corrected chi connectivity index (χ4v) is 3.52. The maximum atomic E-state index is 12.5. The number of methoxy groups -OCH3 is 1. The standard InChI is InChI=1S/C18H21ClN2O4S/c1-20(12-14-4-8-16(25-3)9-5-14)18(22)13-21(2)26(23,24)17-10-6-15(19)7-11-17/h4-11H,12-13H2,1-3H3. The summed E-state index contributed by atoms with van der Waals surface area (Å²) in [5, 5.41) is 0.446. The van der Waals surface area contributed by atoms with Gasteiger partial charge in [0.05, 0.1) is 18.6 Å². The SMILES string of the molecule is COc1ccc(CN(C)C(=O)CN(C)S(=O)(=O)c2ccc(Cl)cc2)cc1.